The van der Waals surface area contributed by atoms with E-state index in [1.54, 1.807) is 6.92 Å². The highest BCUT2D eigenvalue weighted by Crippen LogP contribution is 2.31. The van der Waals surface area contributed by atoms with Gasteiger partial charge in [0.2, 0.25) is 0 Å². The largest absolute Gasteiger partial charge is 0.379 e. The summed E-state index contributed by atoms with van der Waals surface area (Å²) in [5.41, 5.74) is 1.55. The molecule has 0 spiro atoms. The Morgan fingerprint density at radius 2 is 2.35 bits per heavy atom. The summed E-state index contributed by atoms with van der Waals surface area (Å²) in [5, 5.41) is 14.3. The van der Waals surface area contributed by atoms with Crippen LogP contribution in [0.15, 0.2) is 12.1 Å². The van der Waals surface area contributed by atoms with E-state index < -0.39 is 4.92 Å². The Balaban J connectivity index is 2.24. The monoisotopic (exact) mass is 256 g/mol. The SMILES string of the molecule is Cc1cc([N+](=O)[O-])cc(Cl)c1NC1CCOC1. The van der Waals surface area contributed by atoms with E-state index in [0.717, 1.165) is 24.3 Å². The Morgan fingerprint density at radius 1 is 1.59 bits per heavy atom. The standard InChI is InChI=1S/C11H13ClN2O3/c1-7-4-9(14(15)16)5-10(12)11(7)13-8-2-3-17-6-8/h4-5,8,13H,2-3,6H2,1H3. The van der Waals surface area contributed by atoms with Gasteiger partial charge in [-0.1, -0.05) is 11.6 Å². The number of rotatable bonds is 3. The van der Waals surface area contributed by atoms with Crippen LogP contribution in [0.2, 0.25) is 5.02 Å². The lowest BCUT2D eigenvalue weighted by Crippen LogP contribution is -2.19. The number of nitrogens with one attached hydrogen (secondary N) is 1. The van der Waals surface area contributed by atoms with Gasteiger partial charge < -0.3 is 10.1 Å². The first-order chi connectivity index (χ1) is 8.08. The summed E-state index contributed by atoms with van der Waals surface area (Å²) in [6, 6.07) is 3.11. The van der Waals surface area contributed by atoms with Gasteiger partial charge in [0.05, 0.1) is 28.3 Å². The number of nitro benzene ring substituents is 1. The van der Waals surface area contributed by atoms with Crippen LogP contribution < -0.4 is 5.32 Å². The molecular formula is C11H13ClN2O3. The van der Waals surface area contributed by atoms with Crippen molar-refractivity contribution >= 4 is 23.0 Å². The molecule has 0 saturated carbocycles. The van der Waals surface area contributed by atoms with Crippen LogP contribution in [0.25, 0.3) is 0 Å². The van der Waals surface area contributed by atoms with Crippen LogP contribution in [0.5, 0.6) is 0 Å². The van der Waals surface area contributed by atoms with E-state index in [1.165, 1.54) is 12.1 Å². The van der Waals surface area contributed by atoms with Crippen LogP contribution in [-0.2, 0) is 4.74 Å². The number of non-ortho nitro benzene ring substituents is 1. The van der Waals surface area contributed by atoms with Gasteiger partial charge in [-0.3, -0.25) is 10.1 Å². The number of hydrogen-bond acceptors (Lipinski definition) is 4. The fraction of sp³-hybridized carbons (Fsp3) is 0.455. The maximum atomic E-state index is 10.7. The Hall–Kier alpha value is -1.33. The maximum Gasteiger partial charge on any atom is 0.271 e. The summed E-state index contributed by atoms with van der Waals surface area (Å²) in [6.07, 6.45) is 0.923. The molecule has 0 radical (unpaired) electrons. The Bertz CT molecular complexity index is 421. The molecule has 92 valence electrons. The molecule has 2 rings (SSSR count). The normalized spacial score (nSPS) is 19.3. The summed E-state index contributed by atoms with van der Waals surface area (Å²) in [7, 11) is 0. The van der Waals surface area contributed by atoms with Crippen molar-refractivity contribution in [3.63, 3.8) is 0 Å². The average Bonchev–Trinajstić information content (AvgIpc) is 2.75. The highest BCUT2D eigenvalue weighted by atomic mass is 35.5. The van der Waals surface area contributed by atoms with Crippen molar-refractivity contribution in [2.45, 2.75) is 19.4 Å². The predicted molar refractivity (Wildman–Crippen MR) is 65.7 cm³/mol. The van der Waals surface area contributed by atoms with Gasteiger partial charge in [-0.15, -0.1) is 0 Å². The Labute approximate surface area is 104 Å². The number of anilines is 1. The first-order valence-corrected chi connectivity index (χ1v) is 5.74. The number of hydrogen-bond donors (Lipinski definition) is 1. The molecule has 1 aromatic carbocycles. The van der Waals surface area contributed by atoms with Gasteiger partial charge in [0.15, 0.2) is 0 Å². The van der Waals surface area contributed by atoms with Crippen LogP contribution in [0.1, 0.15) is 12.0 Å². The van der Waals surface area contributed by atoms with Gasteiger partial charge in [0.25, 0.3) is 5.69 Å². The second kappa shape index (κ2) is 4.89. The quantitative estimate of drug-likeness (QED) is 0.667. The number of benzene rings is 1. The minimum Gasteiger partial charge on any atom is -0.379 e. The summed E-state index contributed by atoms with van der Waals surface area (Å²) in [4.78, 5) is 10.2. The van der Waals surface area contributed by atoms with E-state index in [2.05, 4.69) is 5.32 Å². The van der Waals surface area contributed by atoms with Crippen molar-refractivity contribution in [2.24, 2.45) is 0 Å². The number of nitrogens with zero attached hydrogens (tertiary/aromatic N) is 1. The van der Waals surface area contributed by atoms with Crippen LogP contribution in [0, 0.1) is 17.0 Å². The predicted octanol–water partition coefficient (Wildman–Crippen LogP) is 2.76. The zero-order valence-electron chi connectivity index (χ0n) is 9.40. The molecule has 0 amide bonds. The summed E-state index contributed by atoms with van der Waals surface area (Å²) in [6.45, 7) is 3.19. The van der Waals surface area contributed by atoms with Crippen molar-refractivity contribution in [3.8, 4) is 0 Å². The topological polar surface area (TPSA) is 64.4 Å². The third kappa shape index (κ3) is 2.68. The molecule has 17 heavy (non-hydrogen) atoms. The van der Waals surface area contributed by atoms with Gasteiger partial charge in [-0.05, 0) is 18.9 Å². The number of aryl methyl sites for hydroxylation is 1. The molecule has 1 N–H and O–H groups in total. The minimum atomic E-state index is -0.443. The molecule has 1 aliphatic rings. The van der Waals surface area contributed by atoms with Gasteiger partial charge in [-0.2, -0.15) is 0 Å². The van der Waals surface area contributed by atoms with Gasteiger partial charge in [0.1, 0.15) is 0 Å². The molecule has 1 aromatic rings. The van der Waals surface area contributed by atoms with E-state index in [0.29, 0.717) is 11.6 Å². The molecule has 1 aliphatic heterocycles. The zero-order chi connectivity index (χ0) is 12.4. The Kier molecular flexibility index (Phi) is 3.49. The average molecular weight is 257 g/mol. The molecule has 6 heteroatoms. The van der Waals surface area contributed by atoms with E-state index in [1.807, 2.05) is 0 Å². The third-order valence-corrected chi connectivity index (χ3v) is 3.06. The Morgan fingerprint density at radius 3 is 2.88 bits per heavy atom. The first kappa shape index (κ1) is 12.1. The fourth-order valence-electron chi connectivity index (χ4n) is 1.87. The van der Waals surface area contributed by atoms with Crippen LogP contribution in [0.3, 0.4) is 0 Å². The summed E-state index contributed by atoms with van der Waals surface area (Å²) >= 11 is 6.05. The maximum absolute atomic E-state index is 10.7. The molecule has 1 unspecified atom stereocenters. The van der Waals surface area contributed by atoms with Crippen molar-refractivity contribution in [3.05, 3.63) is 32.8 Å². The lowest BCUT2D eigenvalue weighted by Gasteiger charge is -2.15. The number of nitro groups is 1. The van der Waals surface area contributed by atoms with Gasteiger partial charge in [0, 0.05) is 18.7 Å². The second-order valence-corrected chi connectivity index (χ2v) is 4.49. The highest BCUT2D eigenvalue weighted by molar-refractivity contribution is 6.33. The van der Waals surface area contributed by atoms with Crippen molar-refractivity contribution in [1.29, 1.82) is 0 Å². The van der Waals surface area contributed by atoms with Gasteiger partial charge >= 0.3 is 0 Å². The zero-order valence-corrected chi connectivity index (χ0v) is 10.2. The first-order valence-electron chi connectivity index (χ1n) is 5.36. The van der Waals surface area contributed by atoms with Crippen molar-refractivity contribution in [1.82, 2.24) is 0 Å². The van der Waals surface area contributed by atoms with Crippen molar-refractivity contribution in [2.75, 3.05) is 18.5 Å². The second-order valence-electron chi connectivity index (χ2n) is 4.08. The van der Waals surface area contributed by atoms with Crippen molar-refractivity contribution < 1.29 is 9.66 Å². The third-order valence-electron chi connectivity index (χ3n) is 2.76. The molecule has 5 nitrogen and oxygen atoms in total. The fourth-order valence-corrected chi connectivity index (χ4v) is 2.18. The molecule has 1 atom stereocenters. The number of ether oxygens (including phenoxy) is 1. The van der Waals surface area contributed by atoms with E-state index in [9.17, 15) is 10.1 Å². The molecule has 0 aromatic heterocycles. The minimum absolute atomic E-state index is 0.0146. The molecular weight excluding hydrogens is 244 g/mol. The molecule has 1 fully saturated rings. The van der Waals surface area contributed by atoms with Crippen LogP contribution in [-0.4, -0.2) is 24.2 Å². The van der Waals surface area contributed by atoms with Crippen LogP contribution in [0.4, 0.5) is 11.4 Å². The smallest absolute Gasteiger partial charge is 0.271 e. The molecule has 0 bridgehead atoms. The lowest BCUT2D eigenvalue weighted by molar-refractivity contribution is -0.384. The van der Waals surface area contributed by atoms with Gasteiger partial charge in [-0.25, -0.2) is 0 Å². The summed E-state index contributed by atoms with van der Waals surface area (Å²) < 4.78 is 5.26. The molecule has 0 aliphatic carbocycles. The molecule has 1 saturated heterocycles. The number of halogens is 1. The van der Waals surface area contributed by atoms with E-state index in [4.69, 9.17) is 16.3 Å². The van der Waals surface area contributed by atoms with E-state index in [-0.39, 0.29) is 11.7 Å². The highest BCUT2D eigenvalue weighted by Gasteiger charge is 2.19. The van der Waals surface area contributed by atoms with Crippen LogP contribution >= 0.6 is 11.6 Å². The van der Waals surface area contributed by atoms with E-state index >= 15 is 0 Å². The summed E-state index contributed by atoms with van der Waals surface area (Å²) in [5.74, 6) is 0. The lowest BCUT2D eigenvalue weighted by atomic mass is 10.1. The molecule has 1 heterocycles.